The molecule has 0 amide bonds. The molecule has 0 bridgehead atoms. The summed E-state index contributed by atoms with van der Waals surface area (Å²) in [4.78, 5) is 4.30. The smallest absolute Gasteiger partial charge is 0.122 e. The fraction of sp³-hybridized carbons (Fsp3) is 0.312. The van der Waals surface area contributed by atoms with Crippen molar-refractivity contribution in [1.82, 2.24) is 19.4 Å². The van der Waals surface area contributed by atoms with E-state index in [9.17, 15) is 0 Å². The molecule has 0 spiro atoms. The number of fused-ring (bicyclic) bond motifs is 1. The first-order valence-electron chi connectivity index (χ1n) is 7.05. The summed E-state index contributed by atoms with van der Waals surface area (Å²) in [5.74, 6) is 1.08. The number of aryl methyl sites for hydroxylation is 2. The maximum atomic E-state index is 4.30. The molecule has 104 valence electrons. The van der Waals surface area contributed by atoms with Crippen molar-refractivity contribution in [2.75, 3.05) is 6.54 Å². The van der Waals surface area contributed by atoms with Gasteiger partial charge in [0.05, 0.1) is 6.54 Å². The summed E-state index contributed by atoms with van der Waals surface area (Å²) in [5.41, 5.74) is 1.32. The molecule has 0 aliphatic heterocycles. The Labute approximate surface area is 119 Å². The zero-order valence-electron chi connectivity index (χ0n) is 11.8. The van der Waals surface area contributed by atoms with Gasteiger partial charge in [0.15, 0.2) is 0 Å². The summed E-state index contributed by atoms with van der Waals surface area (Å²) in [5, 5.41) is 4.76. The molecule has 0 saturated heterocycles. The van der Waals surface area contributed by atoms with Gasteiger partial charge in [-0.2, -0.15) is 0 Å². The largest absolute Gasteiger partial charge is 0.347 e. The summed E-state index contributed by atoms with van der Waals surface area (Å²) >= 11 is 0. The van der Waals surface area contributed by atoms with Crippen LogP contribution in [0.5, 0.6) is 0 Å². The Hall–Kier alpha value is -2.07. The lowest BCUT2D eigenvalue weighted by Gasteiger charge is -2.07. The van der Waals surface area contributed by atoms with Crippen molar-refractivity contribution in [3.05, 3.63) is 54.7 Å². The molecule has 3 rings (SSSR count). The molecule has 2 aromatic heterocycles. The number of para-hydroxylation sites is 1. The van der Waals surface area contributed by atoms with Gasteiger partial charge in [0, 0.05) is 37.7 Å². The van der Waals surface area contributed by atoms with Gasteiger partial charge in [-0.1, -0.05) is 18.2 Å². The fourth-order valence-corrected chi connectivity index (χ4v) is 2.48. The van der Waals surface area contributed by atoms with Gasteiger partial charge < -0.3 is 14.5 Å². The molecule has 2 heterocycles. The van der Waals surface area contributed by atoms with Gasteiger partial charge in [-0.3, -0.25) is 0 Å². The van der Waals surface area contributed by atoms with Gasteiger partial charge in [-0.05, 0) is 30.5 Å². The van der Waals surface area contributed by atoms with Crippen molar-refractivity contribution in [3.63, 3.8) is 0 Å². The van der Waals surface area contributed by atoms with Crippen molar-refractivity contribution in [2.45, 2.75) is 19.5 Å². The third-order valence-electron chi connectivity index (χ3n) is 3.64. The number of nitrogens with zero attached hydrogens (tertiary/aromatic N) is 3. The van der Waals surface area contributed by atoms with Crippen molar-refractivity contribution in [2.24, 2.45) is 7.05 Å². The molecule has 4 heteroatoms. The highest BCUT2D eigenvalue weighted by Crippen LogP contribution is 2.15. The van der Waals surface area contributed by atoms with Crippen molar-refractivity contribution in [1.29, 1.82) is 0 Å². The Morgan fingerprint density at radius 1 is 1.15 bits per heavy atom. The van der Waals surface area contributed by atoms with Gasteiger partial charge in [0.25, 0.3) is 0 Å². The van der Waals surface area contributed by atoms with E-state index < -0.39 is 0 Å². The van der Waals surface area contributed by atoms with E-state index in [2.05, 4.69) is 51.4 Å². The van der Waals surface area contributed by atoms with Crippen LogP contribution in [0.4, 0.5) is 0 Å². The highest BCUT2D eigenvalue weighted by molar-refractivity contribution is 5.79. The van der Waals surface area contributed by atoms with Crippen molar-refractivity contribution in [3.8, 4) is 0 Å². The summed E-state index contributed by atoms with van der Waals surface area (Å²) in [6, 6.07) is 10.7. The summed E-state index contributed by atoms with van der Waals surface area (Å²) < 4.78 is 4.37. The molecule has 0 fully saturated rings. The molecular weight excluding hydrogens is 248 g/mol. The van der Waals surface area contributed by atoms with E-state index in [-0.39, 0.29) is 0 Å². The first kappa shape index (κ1) is 12.9. The third-order valence-corrected chi connectivity index (χ3v) is 3.64. The monoisotopic (exact) mass is 268 g/mol. The van der Waals surface area contributed by atoms with E-state index in [1.807, 2.05) is 24.0 Å². The maximum absolute atomic E-state index is 4.30. The van der Waals surface area contributed by atoms with Gasteiger partial charge in [0.2, 0.25) is 0 Å². The van der Waals surface area contributed by atoms with E-state index in [4.69, 9.17) is 0 Å². The molecular formula is C16H20N4. The standard InChI is InChI=1S/C16H20N4/c1-19-12-9-18-16(19)13-17-8-4-10-20-11-7-14-5-2-3-6-15(14)20/h2-3,5-7,9,11-12,17H,4,8,10,13H2,1H3. The van der Waals surface area contributed by atoms with E-state index >= 15 is 0 Å². The van der Waals surface area contributed by atoms with Crippen molar-refractivity contribution >= 4 is 10.9 Å². The molecule has 0 radical (unpaired) electrons. The van der Waals surface area contributed by atoms with Gasteiger partial charge in [-0.25, -0.2) is 4.98 Å². The van der Waals surface area contributed by atoms with E-state index in [0.717, 1.165) is 31.9 Å². The molecule has 3 aromatic rings. The average molecular weight is 268 g/mol. The Morgan fingerprint density at radius 2 is 2.05 bits per heavy atom. The Morgan fingerprint density at radius 3 is 2.90 bits per heavy atom. The van der Waals surface area contributed by atoms with Crippen molar-refractivity contribution < 1.29 is 0 Å². The summed E-state index contributed by atoms with van der Waals surface area (Å²) in [7, 11) is 2.02. The van der Waals surface area contributed by atoms with Crippen LogP contribution in [0.25, 0.3) is 10.9 Å². The highest BCUT2D eigenvalue weighted by atomic mass is 15.1. The predicted octanol–water partition coefficient (Wildman–Crippen LogP) is 2.55. The number of hydrogen-bond donors (Lipinski definition) is 1. The minimum Gasteiger partial charge on any atom is -0.347 e. The Bertz CT molecular complexity index is 680. The van der Waals surface area contributed by atoms with Gasteiger partial charge >= 0.3 is 0 Å². The number of rotatable bonds is 6. The number of hydrogen-bond acceptors (Lipinski definition) is 2. The normalized spacial score (nSPS) is 11.2. The number of imidazole rings is 1. The lowest BCUT2D eigenvalue weighted by atomic mass is 10.2. The van der Waals surface area contributed by atoms with Crippen LogP contribution in [0, 0.1) is 0 Å². The summed E-state index contributed by atoms with van der Waals surface area (Å²) in [6.07, 6.45) is 7.10. The van der Waals surface area contributed by atoms with E-state index in [1.54, 1.807) is 0 Å². The highest BCUT2D eigenvalue weighted by Gasteiger charge is 2.00. The van der Waals surface area contributed by atoms with E-state index in [0.29, 0.717) is 0 Å². The first-order chi connectivity index (χ1) is 9.84. The number of benzene rings is 1. The molecule has 20 heavy (non-hydrogen) atoms. The lowest BCUT2D eigenvalue weighted by Crippen LogP contribution is -2.18. The average Bonchev–Trinajstić information content (AvgIpc) is 3.06. The Balaban J connectivity index is 1.47. The lowest BCUT2D eigenvalue weighted by molar-refractivity contribution is 0.573. The quantitative estimate of drug-likeness (QED) is 0.697. The number of aromatic nitrogens is 3. The van der Waals surface area contributed by atoms with Crippen LogP contribution < -0.4 is 5.32 Å². The fourth-order valence-electron chi connectivity index (χ4n) is 2.48. The predicted molar refractivity (Wildman–Crippen MR) is 81.5 cm³/mol. The molecule has 0 saturated carbocycles. The SMILES string of the molecule is Cn1ccnc1CNCCCn1ccc2ccccc21. The van der Waals surface area contributed by atoms with Gasteiger partial charge in [-0.15, -0.1) is 0 Å². The van der Waals surface area contributed by atoms with Crippen LogP contribution in [-0.2, 0) is 20.1 Å². The third kappa shape index (κ3) is 2.75. The van der Waals surface area contributed by atoms with E-state index in [1.165, 1.54) is 10.9 Å². The second-order valence-corrected chi connectivity index (χ2v) is 5.05. The zero-order chi connectivity index (χ0) is 13.8. The molecule has 0 atom stereocenters. The zero-order valence-corrected chi connectivity index (χ0v) is 11.8. The minimum absolute atomic E-state index is 0.829. The van der Waals surface area contributed by atoms with Crippen LogP contribution in [0.3, 0.4) is 0 Å². The molecule has 0 unspecified atom stereocenters. The van der Waals surface area contributed by atoms with Crippen LogP contribution >= 0.6 is 0 Å². The van der Waals surface area contributed by atoms with Crippen LogP contribution in [-0.4, -0.2) is 20.7 Å². The van der Waals surface area contributed by atoms with Gasteiger partial charge in [0.1, 0.15) is 5.82 Å². The maximum Gasteiger partial charge on any atom is 0.122 e. The molecule has 0 aliphatic carbocycles. The molecule has 0 aliphatic rings. The Kier molecular flexibility index (Phi) is 3.83. The minimum atomic E-state index is 0.829. The van der Waals surface area contributed by atoms with Crippen LogP contribution in [0.1, 0.15) is 12.2 Å². The molecule has 1 N–H and O–H groups in total. The number of nitrogens with one attached hydrogen (secondary N) is 1. The second-order valence-electron chi connectivity index (χ2n) is 5.05. The first-order valence-corrected chi connectivity index (χ1v) is 7.05. The topological polar surface area (TPSA) is 34.8 Å². The summed E-state index contributed by atoms with van der Waals surface area (Å²) in [6.45, 7) is 2.87. The van der Waals surface area contributed by atoms with Crippen LogP contribution in [0.15, 0.2) is 48.9 Å². The van der Waals surface area contributed by atoms with Crippen LogP contribution in [0.2, 0.25) is 0 Å². The molecule has 1 aromatic carbocycles. The molecule has 4 nitrogen and oxygen atoms in total. The second kappa shape index (κ2) is 5.92.